The van der Waals surface area contributed by atoms with E-state index in [1.54, 1.807) is 14.2 Å². The number of aryl methyl sites for hydroxylation is 1. The molecule has 0 aliphatic heterocycles. The van der Waals surface area contributed by atoms with Crippen LogP contribution < -0.4 is 15.4 Å². The number of hydrogen-bond acceptors (Lipinski definition) is 3. The highest BCUT2D eigenvalue weighted by Crippen LogP contribution is 2.07. The Morgan fingerprint density at radius 3 is 2.60 bits per heavy atom. The minimum Gasteiger partial charge on any atom is -0.481 e. The fourth-order valence-corrected chi connectivity index (χ4v) is 2.37. The predicted octanol–water partition coefficient (Wildman–Crippen LogP) is 3.39. The Hall–Kier alpha value is -1.83. The van der Waals surface area contributed by atoms with Gasteiger partial charge in [0.25, 0.3) is 0 Å². The molecule has 0 spiro atoms. The Morgan fingerprint density at radius 1 is 1.16 bits per heavy atom. The van der Waals surface area contributed by atoms with Crippen molar-refractivity contribution in [1.29, 1.82) is 0 Å². The van der Waals surface area contributed by atoms with Gasteiger partial charge in [-0.05, 0) is 31.4 Å². The lowest BCUT2D eigenvalue weighted by atomic mass is 10.1. The second-order valence-corrected chi connectivity index (χ2v) is 5.67. The van der Waals surface area contributed by atoms with Crippen LogP contribution in [0.25, 0.3) is 0 Å². The molecule has 5 nitrogen and oxygen atoms in total. The molecule has 1 heterocycles. The largest absolute Gasteiger partial charge is 0.481 e. The summed E-state index contributed by atoms with van der Waals surface area (Å²) in [5, 5.41) is 6.70. The van der Waals surface area contributed by atoms with Crippen LogP contribution in [-0.4, -0.2) is 31.1 Å². The standard InChI is InChI=1S/C19H26N4O.HI/c1-15(12-13-16-8-5-4-6-9-16)22-19(20-2)21-14-17-10-7-11-18(23-17)24-3;/h4-11,15H,12-14H2,1-3H3,(H2,20,21,22);1H. The molecule has 2 aromatic rings. The Balaban J connectivity index is 0.00000312. The summed E-state index contributed by atoms with van der Waals surface area (Å²) < 4.78 is 5.14. The molecular formula is C19H27IN4O. The zero-order valence-corrected chi connectivity index (χ0v) is 17.4. The second kappa shape index (κ2) is 11.7. The third-order valence-electron chi connectivity index (χ3n) is 3.74. The van der Waals surface area contributed by atoms with E-state index in [-0.39, 0.29) is 24.0 Å². The van der Waals surface area contributed by atoms with Gasteiger partial charge >= 0.3 is 0 Å². The SMILES string of the molecule is CN=C(NCc1cccc(OC)n1)NC(C)CCc1ccccc1.I. The molecule has 0 saturated carbocycles. The summed E-state index contributed by atoms with van der Waals surface area (Å²) in [5.41, 5.74) is 2.27. The molecule has 0 aliphatic rings. The molecule has 0 aliphatic carbocycles. The van der Waals surface area contributed by atoms with E-state index in [0.29, 0.717) is 18.5 Å². The topological polar surface area (TPSA) is 58.5 Å². The van der Waals surface area contributed by atoms with E-state index in [4.69, 9.17) is 4.74 Å². The molecule has 1 aromatic heterocycles. The zero-order valence-electron chi connectivity index (χ0n) is 15.0. The average Bonchev–Trinajstić information content (AvgIpc) is 2.64. The van der Waals surface area contributed by atoms with Crippen molar-refractivity contribution < 1.29 is 4.74 Å². The maximum Gasteiger partial charge on any atom is 0.213 e. The monoisotopic (exact) mass is 454 g/mol. The van der Waals surface area contributed by atoms with E-state index in [1.165, 1.54) is 5.56 Å². The Labute approximate surface area is 167 Å². The summed E-state index contributed by atoms with van der Waals surface area (Å²) in [6.45, 7) is 2.77. The molecule has 0 fully saturated rings. The first kappa shape index (κ1) is 21.2. The molecule has 1 aromatic carbocycles. The Morgan fingerprint density at radius 2 is 1.92 bits per heavy atom. The zero-order chi connectivity index (χ0) is 17.2. The number of rotatable bonds is 7. The summed E-state index contributed by atoms with van der Waals surface area (Å²) in [5.74, 6) is 1.40. The van der Waals surface area contributed by atoms with Crippen LogP contribution in [0.2, 0.25) is 0 Å². The number of nitrogens with zero attached hydrogens (tertiary/aromatic N) is 2. The van der Waals surface area contributed by atoms with Crippen molar-refractivity contribution in [3.05, 3.63) is 59.8 Å². The van der Waals surface area contributed by atoms with Crippen molar-refractivity contribution in [2.45, 2.75) is 32.4 Å². The first-order valence-electron chi connectivity index (χ1n) is 8.22. The normalized spacial score (nSPS) is 12.0. The van der Waals surface area contributed by atoms with Gasteiger partial charge < -0.3 is 15.4 Å². The molecule has 0 saturated heterocycles. The van der Waals surface area contributed by atoms with E-state index < -0.39 is 0 Å². The summed E-state index contributed by atoms with van der Waals surface area (Å²) in [4.78, 5) is 8.66. The molecule has 0 amide bonds. The molecule has 136 valence electrons. The number of nitrogens with one attached hydrogen (secondary N) is 2. The van der Waals surface area contributed by atoms with Gasteiger partial charge in [0, 0.05) is 19.2 Å². The highest BCUT2D eigenvalue weighted by Gasteiger charge is 2.06. The van der Waals surface area contributed by atoms with E-state index in [9.17, 15) is 0 Å². The van der Waals surface area contributed by atoms with Crippen LogP contribution in [0.5, 0.6) is 5.88 Å². The van der Waals surface area contributed by atoms with Gasteiger partial charge in [0.15, 0.2) is 5.96 Å². The Bertz CT molecular complexity index is 649. The molecule has 0 radical (unpaired) electrons. The van der Waals surface area contributed by atoms with Gasteiger partial charge in [-0.1, -0.05) is 36.4 Å². The lowest BCUT2D eigenvalue weighted by molar-refractivity contribution is 0.396. The first-order chi connectivity index (χ1) is 11.7. The van der Waals surface area contributed by atoms with Gasteiger partial charge in [-0.2, -0.15) is 0 Å². The van der Waals surface area contributed by atoms with E-state index in [2.05, 4.69) is 51.8 Å². The Kier molecular flexibility index (Phi) is 9.91. The van der Waals surface area contributed by atoms with Gasteiger partial charge in [-0.3, -0.25) is 4.99 Å². The molecule has 2 rings (SSSR count). The van der Waals surface area contributed by atoms with Gasteiger partial charge in [-0.15, -0.1) is 24.0 Å². The minimum atomic E-state index is 0. The molecule has 0 bridgehead atoms. The number of ether oxygens (including phenoxy) is 1. The fourth-order valence-electron chi connectivity index (χ4n) is 2.37. The van der Waals surface area contributed by atoms with Gasteiger partial charge in [0.2, 0.25) is 5.88 Å². The average molecular weight is 454 g/mol. The third kappa shape index (κ3) is 7.72. The maximum absolute atomic E-state index is 5.14. The number of aliphatic imine (C=N–C) groups is 1. The van der Waals surface area contributed by atoms with Crippen molar-refractivity contribution in [1.82, 2.24) is 15.6 Å². The second-order valence-electron chi connectivity index (χ2n) is 5.67. The number of methoxy groups -OCH3 is 1. The van der Waals surface area contributed by atoms with Crippen LogP contribution in [0, 0.1) is 0 Å². The summed E-state index contributed by atoms with van der Waals surface area (Å²) >= 11 is 0. The van der Waals surface area contributed by atoms with Crippen LogP contribution >= 0.6 is 24.0 Å². The summed E-state index contributed by atoms with van der Waals surface area (Å²) in [7, 11) is 3.40. The predicted molar refractivity (Wildman–Crippen MR) is 114 cm³/mol. The minimum absolute atomic E-state index is 0. The van der Waals surface area contributed by atoms with Crippen LogP contribution in [0.4, 0.5) is 0 Å². The van der Waals surface area contributed by atoms with Crippen LogP contribution in [-0.2, 0) is 13.0 Å². The number of guanidine groups is 1. The number of hydrogen-bond donors (Lipinski definition) is 2. The van der Waals surface area contributed by atoms with Gasteiger partial charge in [0.05, 0.1) is 19.3 Å². The third-order valence-corrected chi connectivity index (χ3v) is 3.74. The molecular weight excluding hydrogens is 427 g/mol. The lowest BCUT2D eigenvalue weighted by Gasteiger charge is -2.18. The van der Waals surface area contributed by atoms with Crippen molar-refractivity contribution in [3.63, 3.8) is 0 Å². The summed E-state index contributed by atoms with van der Waals surface area (Å²) in [6, 6.07) is 16.6. The molecule has 6 heteroatoms. The molecule has 2 N–H and O–H groups in total. The van der Waals surface area contributed by atoms with Gasteiger partial charge in [0.1, 0.15) is 0 Å². The number of benzene rings is 1. The van der Waals surface area contributed by atoms with Crippen LogP contribution in [0.1, 0.15) is 24.6 Å². The van der Waals surface area contributed by atoms with Crippen LogP contribution in [0.3, 0.4) is 0 Å². The lowest BCUT2D eigenvalue weighted by Crippen LogP contribution is -2.42. The maximum atomic E-state index is 5.14. The van der Waals surface area contributed by atoms with E-state index in [0.717, 1.165) is 24.5 Å². The number of halogens is 1. The molecule has 1 atom stereocenters. The first-order valence-corrected chi connectivity index (χ1v) is 8.22. The number of aromatic nitrogens is 1. The van der Waals surface area contributed by atoms with Crippen molar-refractivity contribution in [3.8, 4) is 5.88 Å². The molecule has 25 heavy (non-hydrogen) atoms. The van der Waals surface area contributed by atoms with Crippen molar-refractivity contribution in [2.75, 3.05) is 14.2 Å². The number of pyridine rings is 1. The van der Waals surface area contributed by atoms with E-state index in [1.807, 2.05) is 24.3 Å². The smallest absolute Gasteiger partial charge is 0.213 e. The highest BCUT2D eigenvalue weighted by molar-refractivity contribution is 14.0. The van der Waals surface area contributed by atoms with Gasteiger partial charge in [-0.25, -0.2) is 4.98 Å². The fraction of sp³-hybridized carbons (Fsp3) is 0.368. The van der Waals surface area contributed by atoms with Crippen molar-refractivity contribution in [2.24, 2.45) is 4.99 Å². The van der Waals surface area contributed by atoms with Crippen LogP contribution in [0.15, 0.2) is 53.5 Å². The summed E-state index contributed by atoms with van der Waals surface area (Å²) in [6.07, 6.45) is 2.09. The molecule has 1 unspecified atom stereocenters. The quantitative estimate of drug-likeness (QED) is 0.383. The van der Waals surface area contributed by atoms with Crippen molar-refractivity contribution >= 4 is 29.9 Å². The van der Waals surface area contributed by atoms with E-state index >= 15 is 0 Å². The highest BCUT2D eigenvalue weighted by atomic mass is 127.